The van der Waals surface area contributed by atoms with Crippen molar-refractivity contribution in [2.75, 3.05) is 19.0 Å². The van der Waals surface area contributed by atoms with Crippen molar-refractivity contribution in [3.8, 4) is 12.0 Å². The highest BCUT2D eigenvalue weighted by molar-refractivity contribution is 5.30. The Morgan fingerprint density at radius 1 is 1.26 bits per heavy atom. The van der Waals surface area contributed by atoms with Crippen molar-refractivity contribution >= 4 is 5.95 Å². The number of aromatic nitrogens is 5. The summed E-state index contributed by atoms with van der Waals surface area (Å²) in [4.78, 5) is 12.7. The number of aryl methyl sites for hydroxylation is 2. The molecule has 0 aromatic carbocycles. The van der Waals surface area contributed by atoms with Gasteiger partial charge < -0.3 is 10.1 Å². The van der Waals surface area contributed by atoms with E-state index in [2.05, 4.69) is 25.4 Å². The smallest absolute Gasteiger partial charge is 0.323 e. The summed E-state index contributed by atoms with van der Waals surface area (Å²) in [6.45, 7) is 6.49. The third-order valence-electron chi connectivity index (χ3n) is 2.46. The molecule has 7 nitrogen and oxygen atoms in total. The topological polar surface area (TPSA) is 77.8 Å². The van der Waals surface area contributed by atoms with E-state index in [1.165, 1.54) is 0 Å². The van der Waals surface area contributed by atoms with Crippen LogP contribution in [-0.4, -0.2) is 38.4 Å². The summed E-state index contributed by atoms with van der Waals surface area (Å²) >= 11 is 0. The van der Waals surface area contributed by atoms with Crippen LogP contribution in [0.25, 0.3) is 5.95 Å². The fourth-order valence-corrected chi connectivity index (χ4v) is 1.64. The second kappa shape index (κ2) is 5.64. The van der Waals surface area contributed by atoms with E-state index >= 15 is 0 Å². The van der Waals surface area contributed by atoms with E-state index in [0.29, 0.717) is 24.5 Å². The molecule has 0 bridgehead atoms. The number of hydrogen-bond acceptors (Lipinski definition) is 6. The monoisotopic (exact) mass is 262 g/mol. The van der Waals surface area contributed by atoms with Crippen molar-refractivity contribution in [2.45, 2.75) is 27.2 Å². The van der Waals surface area contributed by atoms with E-state index < -0.39 is 0 Å². The highest BCUT2D eigenvalue weighted by atomic mass is 16.5. The van der Waals surface area contributed by atoms with Gasteiger partial charge >= 0.3 is 6.01 Å². The van der Waals surface area contributed by atoms with Gasteiger partial charge in [-0.1, -0.05) is 6.92 Å². The van der Waals surface area contributed by atoms with Crippen molar-refractivity contribution in [1.82, 2.24) is 24.7 Å². The summed E-state index contributed by atoms with van der Waals surface area (Å²) in [7, 11) is 1.75. The Labute approximate surface area is 112 Å². The van der Waals surface area contributed by atoms with Gasteiger partial charge in [-0.05, 0) is 26.3 Å². The molecule has 0 aliphatic rings. The Balaban J connectivity index is 2.41. The molecule has 0 amide bonds. The first-order valence-corrected chi connectivity index (χ1v) is 6.24. The van der Waals surface area contributed by atoms with Crippen LogP contribution in [0.5, 0.6) is 6.01 Å². The van der Waals surface area contributed by atoms with Gasteiger partial charge in [0.1, 0.15) is 0 Å². The molecule has 2 aromatic heterocycles. The first kappa shape index (κ1) is 13.3. The zero-order valence-electron chi connectivity index (χ0n) is 11.6. The average Bonchev–Trinajstić information content (AvgIpc) is 2.75. The lowest BCUT2D eigenvalue weighted by atomic mass is 10.4. The minimum Gasteiger partial charge on any atom is -0.463 e. The largest absolute Gasteiger partial charge is 0.463 e. The van der Waals surface area contributed by atoms with Gasteiger partial charge in [0, 0.05) is 12.7 Å². The fourth-order valence-electron chi connectivity index (χ4n) is 1.64. The number of nitrogens with zero attached hydrogens (tertiary/aromatic N) is 5. The van der Waals surface area contributed by atoms with Crippen LogP contribution in [0.3, 0.4) is 0 Å². The molecular weight excluding hydrogens is 244 g/mol. The van der Waals surface area contributed by atoms with Crippen molar-refractivity contribution in [3.63, 3.8) is 0 Å². The summed E-state index contributed by atoms with van der Waals surface area (Å²) in [6.07, 6.45) is 0.899. The molecule has 1 N–H and O–H groups in total. The molecule has 0 atom stereocenters. The zero-order valence-corrected chi connectivity index (χ0v) is 11.6. The maximum atomic E-state index is 5.46. The summed E-state index contributed by atoms with van der Waals surface area (Å²) in [5, 5.41) is 7.25. The molecule has 0 aliphatic carbocycles. The maximum Gasteiger partial charge on any atom is 0.323 e. The number of rotatable bonds is 5. The highest BCUT2D eigenvalue weighted by Gasteiger charge is 2.11. The van der Waals surface area contributed by atoms with Gasteiger partial charge in [-0.3, -0.25) is 0 Å². The molecule has 19 heavy (non-hydrogen) atoms. The molecule has 0 radical (unpaired) electrons. The molecule has 0 spiro atoms. The molecule has 0 unspecified atom stereocenters. The van der Waals surface area contributed by atoms with E-state index in [4.69, 9.17) is 4.74 Å². The Bertz CT molecular complexity index is 565. The molecule has 0 fully saturated rings. The molecular formula is C12H18N6O. The van der Waals surface area contributed by atoms with Crippen LogP contribution in [0.15, 0.2) is 6.07 Å². The predicted octanol–water partition coefficient (Wildman–Crippen LogP) is 1.50. The van der Waals surface area contributed by atoms with Crippen molar-refractivity contribution in [1.29, 1.82) is 0 Å². The van der Waals surface area contributed by atoms with E-state index in [1.54, 1.807) is 11.7 Å². The minimum absolute atomic E-state index is 0.309. The SMILES string of the molecule is CCCOc1nc(NC)nc(-n2nc(C)cc2C)n1. The van der Waals surface area contributed by atoms with Crippen LogP contribution >= 0.6 is 0 Å². The van der Waals surface area contributed by atoms with Gasteiger partial charge in [-0.2, -0.15) is 20.1 Å². The van der Waals surface area contributed by atoms with Gasteiger partial charge in [0.15, 0.2) is 0 Å². The highest BCUT2D eigenvalue weighted by Crippen LogP contribution is 2.13. The Hall–Kier alpha value is -2.18. The summed E-state index contributed by atoms with van der Waals surface area (Å²) in [6, 6.07) is 2.28. The normalized spacial score (nSPS) is 10.5. The van der Waals surface area contributed by atoms with Crippen LogP contribution in [0.4, 0.5) is 5.95 Å². The average molecular weight is 262 g/mol. The van der Waals surface area contributed by atoms with Crippen molar-refractivity contribution in [3.05, 3.63) is 17.5 Å². The Morgan fingerprint density at radius 2 is 2.05 bits per heavy atom. The lowest BCUT2D eigenvalue weighted by Gasteiger charge is -2.08. The van der Waals surface area contributed by atoms with Crippen LogP contribution in [0, 0.1) is 13.8 Å². The van der Waals surface area contributed by atoms with Gasteiger partial charge in [-0.15, -0.1) is 0 Å². The molecule has 2 rings (SSSR count). The molecule has 102 valence electrons. The molecule has 7 heteroatoms. The number of ether oxygens (including phenoxy) is 1. The lowest BCUT2D eigenvalue weighted by molar-refractivity contribution is 0.291. The molecule has 2 heterocycles. The number of anilines is 1. The second-order valence-corrected chi connectivity index (χ2v) is 4.18. The Kier molecular flexibility index (Phi) is 3.94. The summed E-state index contributed by atoms with van der Waals surface area (Å²) in [5.41, 5.74) is 1.88. The van der Waals surface area contributed by atoms with E-state index in [9.17, 15) is 0 Å². The third kappa shape index (κ3) is 2.98. The molecule has 0 saturated carbocycles. The van der Waals surface area contributed by atoms with Gasteiger partial charge in [0.2, 0.25) is 5.95 Å². The predicted molar refractivity (Wildman–Crippen MR) is 71.8 cm³/mol. The van der Waals surface area contributed by atoms with Gasteiger partial charge in [0.25, 0.3) is 5.95 Å². The van der Waals surface area contributed by atoms with Crippen LogP contribution < -0.4 is 10.1 Å². The minimum atomic E-state index is 0.309. The van der Waals surface area contributed by atoms with Crippen LogP contribution in [0.2, 0.25) is 0 Å². The summed E-state index contributed by atoms with van der Waals surface area (Å²) < 4.78 is 7.14. The number of nitrogens with one attached hydrogen (secondary N) is 1. The third-order valence-corrected chi connectivity index (χ3v) is 2.46. The van der Waals surface area contributed by atoms with E-state index in [1.807, 2.05) is 26.8 Å². The second-order valence-electron chi connectivity index (χ2n) is 4.18. The molecule has 2 aromatic rings. The first-order valence-electron chi connectivity index (χ1n) is 6.24. The van der Waals surface area contributed by atoms with E-state index in [-0.39, 0.29) is 0 Å². The van der Waals surface area contributed by atoms with E-state index in [0.717, 1.165) is 17.8 Å². The van der Waals surface area contributed by atoms with Gasteiger partial charge in [-0.25, -0.2) is 4.68 Å². The van der Waals surface area contributed by atoms with Crippen molar-refractivity contribution in [2.24, 2.45) is 0 Å². The quantitative estimate of drug-likeness (QED) is 0.880. The summed E-state index contributed by atoms with van der Waals surface area (Å²) in [5.74, 6) is 0.916. The Morgan fingerprint density at radius 3 is 2.63 bits per heavy atom. The van der Waals surface area contributed by atoms with Gasteiger partial charge in [0.05, 0.1) is 12.3 Å². The maximum absolute atomic E-state index is 5.46. The first-order chi connectivity index (χ1) is 9.13. The molecule has 0 aliphatic heterocycles. The number of hydrogen-bond donors (Lipinski definition) is 1. The fraction of sp³-hybridized carbons (Fsp3) is 0.500. The lowest BCUT2D eigenvalue weighted by Crippen LogP contribution is -2.11. The van der Waals surface area contributed by atoms with Crippen molar-refractivity contribution < 1.29 is 4.74 Å². The zero-order chi connectivity index (χ0) is 13.8. The standard InChI is InChI=1S/C12H18N6O/c1-5-6-19-12-15-10(13-4)14-11(16-12)18-9(3)7-8(2)17-18/h7H,5-6H2,1-4H3,(H,13,14,15,16). The van der Waals surface area contributed by atoms with Crippen LogP contribution in [-0.2, 0) is 0 Å². The van der Waals surface area contributed by atoms with Crippen LogP contribution in [0.1, 0.15) is 24.7 Å². The molecule has 0 saturated heterocycles.